The van der Waals surface area contributed by atoms with Crippen LogP contribution in [0, 0.1) is 0 Å². The number of pyridine rings is 1. The maximum atomic E-state index is 10.6. The summed E-state index contributed by atoms with van der Waals surface area (Å²) in [4.78, 5) is 4.30. The summed E-state index contributed by atoms with van der Waals surface area (Å²) in [7, 11) is 0. The molecule has 0 saturated heterocycles. The SMILES string of the molecule is CCCOCC(C)(O)c1ccnc2ccccc12. The van der Waals surface area contributed by atoms with Gasteiger partial charge in [-0.15, -0.1) is 0 Å². The molecule has 0 aliphatic carbocycles. The van der Waals surface area contributed by atoms with Gasteiger partial charge in [0, 0.05) is 18.2 Å². The molecule has 0 spiro atoms. The van der Waals surface area contributed by atoms with Gasteiger partial charge in [0.1, 0.15) is 5.60 Å². The lowest BCUT2D eigenvalue weighted by atomic mass is 9.94. The summed E-state index contributed by atoms with van der Waals surface area (Å²) < 4.78 is 5.48. The van der Waals surface area contributed by atoms with E-state index in [0.717, 1.165) is 22.9 Å². The number of hydrogen-bond acceptors (Lipinski definition) is 3. The van der Waals surface area contributed by atoms with Crippen LogP contribution in [-0.4, -0.2) is 23.3 Å². The van der Waals surface area contributed by atoms with Crippen LogP contribution in [0.3, 0.4) is 0 Å². The Kier molecular flexibility index (Phi) is 3.94. The Balaban J connectivity index is 2.34. The van der Waals surface area contributed by atoms with Crippen molar-refractivity contribution in [3.05, 3.63) is 42.1 Å². The van der Waals surface area contributed by atoms with Crippen LogP contribution in [-0.2, 0) is 10.3 Å². The van der Waals surface area contributed by atoms with Crippen LogP contribution in [0.2, 0.25) is 0 Å². The maximum absolute atomic E-state index is 10.6. The van der Waals surface area contributed by atoms with Gasteiger partial charge in [0.25, 0.3) is 0 Å². The zero-order valence-corrected chi connectivity index (χ0v) is 10.9. The van der Waals surface area contributed by atoms with Crippen molar-refractivity contribution in [2.45, 2.75) is 25.9 Å². The van der Waals surface area contributed by atoms with Crippen molar-refractivity contribution in [2.75, 3.05) is 13.2 Å². The molecular formula is C15H19NO2. The fourth-order valence-electron chi connectivity index (χ4n) is 2.06. The van der Waals surface area contributed by atoms with E-state index in [1.165, 1.54) is 0 Å². The Morgan fingerprint density at radius 2 is 2.06 bits per heavy atom. The number of ether oxygens (including phenoxy) is 1. The summed E-state index contributed by atoms with van der Waals surface area (Å²) >= 11 is 0. The van der Waals surface area contributed by atoms with Crippen LogP contribution >= 0.6 is 0 Å². The molecular weight excluding hydrogens is 226 g/mol. The first-order chi connectivity index (χ1) is 8.65. The predicted octanol–water partition coefficient (Wildman–Crippen LogP) is 2.87. The minimum atomic E-state index is -0.988. The second-order valence-electron chi connectivity index (χ2n) is 4.70. The molecule has 0 aliphatic heterocycles. The zero-order chi connectivity index (χ0) is 13.0. The molecule has 96 valence electrons. The lowest BCUT2D eigenvalue weighted by Gasteiger charge is -2.25. The second kappa shape index (κ2) is 5.46. The first-order valence-corrected chi connectivity index (χ1v) is 6.29. The number of aromatic nitrogens is 1. The largest absolute Gasteiger partial charge is 0.383 e. The van der Waals surface area contributed by atoms with Crippen molar-refractivity contribution in [2.24, 2.45) is 0 Å². The van der Waals surface area contributed by atoms with Crippen molar-refractivity contribution < 1.29 is 9.84 Å². The molecule has 1 N–H and O–H groups in total. The monoisotopic (exact) mass is 245 g/mol. The van der Waals surface area contributed by atoms with E-state index in [1.807, 2.05) is 30.3 Å². The molecule has 18 heavy (non-hydrogen) atoms. The summed E-state index contributed by atoms with van der Waals surface area (Å²) in [6, 6.07) is 9.68. The minimum Gasteiger partial charge on any atom is -0.383 e. The standard InChI is InChI=1S/C15H19NO2/c1-3-10-18-11-15(2,17)13-8-9-16-14-7-5-4-6-12(13)14/h4-9,17H,3,10-11H2,1-2H3. The van der Waals surface area contributed by atoms with Gasteiger partial charge >= 0.3 is 0 Å². The second-order valence-corrected chi connectivity index (χ2v) is 4.70. The molecule has 0 bridgehead atoms. The molecule has 1 unspecified atom stereocenters. The molecule has 0 fully saturated rings. The molecule has 1 atom stereocenters. The number of rotatable bonds is 5. The van der Waals surface area contributed by atoms with E-state index in [2.05, 4.69) is 11.9 Å². The van der Waals surface area contributed by atoms with E-state index < -0.39 is 5.60 Å². The number of benzene rings is 1. The number of hydrogen-bond donors (Lipinski definition) is 1. The Morgan fingerprint density at radius 1 is 1.28 bits per heavy atom. The lowest BCUT2D eigenvalue weighted by molar-refractivity contribution is -0.0365. The normalized spacial score (nSPS) is 14.6. The van der Waals surface area contributed by atoms with Gasteiger partial charge in [0.05, 0.1) is 12.1 Å². The molecule has 2 aromatic rings. The Hall–Kier alpha value is -1.45. The van der Waals surface area contributed by atoms with Crippen LogP contribution in [0.25, 0.3) is 10.9 Å². The van der Waals surface area contributed by atoms with Gasteiger partial charge in [-0.3, -0.25) is 4.98 Å². The van der Waals surface area contributed by atoms with Crippen LogP contribution < -0.4 is 0 Å². The highest BCUT2D eigenvalue weighted by Gasteiger charge is 2.25. The number of para-hydroxylation sites is 1. The first kappa shape index (κ1) is 13.0. The Bertz CT molecular complexity index is 517. The van der Waals surface area contributed by atoms with Gasteiger partial charge in [-0.1, -0.05) is 25.1 Å². The van der Waals surface area contributed by atoms with Crippen molar-refractivity contribution >= 4 is 10.9 Å². The molecule has 0 aliphatic rings. The van der Waals surface area contributed by atoms with Gasteiger partial charge in [0.15, 0.2) is 0 Å². The molecule has 1 heterocycles. The Morgan fingerprint density at radius 3 is 2.83 bits per heavy atom. The van der Waals surface area contributed by atoms with Crippen LogP contribution in [0.5, 0.6) is 0 Å². The van der Waals surface area contributed by atoms with Crippen LogP contribution in [0.4, 0.5) is 0 Å². The van der Waals surface area contributed by atoms with Crippen LogP contribution in [0.1, 0.15) is 25.8 Å². The van der Waals surface area contributed by atoms with E-state index in [4.69, 9.17) is 4.74 Å². The van der Waals surface area contributed by atoms with Crippen LogP contribution in [0.15, 0.2) is 36.5 Å². The summed E-state index contributed by atoms with van der Waals surface area (Å²) in [5.74, 6) is 0. The predicted molar refractivity (Wildman–Crippen MR) is 72.4 cm³/mol. The Labute approximate surface area is 107 Å². The van der Waals surface area contributed by atoms with E-state index in [-0.39, 0.29) is 0 Å². The fraction of sp³-hybridized carbons (Fsp3) is 0.400. The number of aliphatic hydroxyl groups is 1. The van der Waals surface area contributed by atoms with Crippen molar-refractivity contribution in [3.63, 3.8) is 0 Å². The summed E-state index contributed by atoms with van der Waals surface area (Å²) in [5.41, 5.74) is 0.771. The number of nitrogens with zero attached hydrogens (tertiary/aromatic N) is 1. The fourth-order valence-corrected chi connectivity index (χ4v) is 2.06. The summed E-state index contributed by atoms with van der Waals surface area (Å²) in [6.07, 6.45) is 2.68. The van der Waals surface area contributed by atoms with E-state index in [0.29, 0.717) is 13.2 Å². The third-order valence-corrected chi connectivity index (χ3v) is 2.96. The topological polar surface area (TPSA) is 42.4 Å². The van der Waals surface area contributed by atoms with Crippen molar-refractivity contribution in [1.82, 2.24) is 4.98 Å². The third-order valence-electron chi connectivity index (χ3n) is 2.96. The average Bonchev–Trinajstić information content (AvgIpc) is 2.38. The van der Waals surface area contributed by atoms with Gasteiger partial charge in [-0.2, -0.15) is 0 Å². The zero-order valence-electron chi connectivity index (χ0n) is 10.9. The van der Waals surface area contributed by atoms with Crippen molar-refractivity contribution in [1.29, 1.82) is 0 Å². The molecule has 3 heteroatoms. The molecule has 0 amide bonds. The van der Waals surface area contributed by atoms with E-state index in [9.17, 15) is 5.11 Å². The third kappa shape index (κ3) is 2.68. The number of fused-ring (bicyclic) bond motifs is 1. The van der Waals surface area contributed by atoms with Gasteiger partial charge < -0.3 is 9.84 Å². The summed E-state index contributed by atoms with van der Waals surface area (Å²) in [6.45, 7) is 4.80. The van der Waals surface area contributed by atoms with Crippen molar-refractivity contribution in [3.8, 4) is 0 Å². The average molecular weight is 245 g/mol. The molecule has 0 radical (unpaired) electrons. The van der Waals surface area contributed by atoms with Gasteiger partial charge in [-0.25, -0.2) is 0 Å². The quantitative estimate of drug-likeness (QED) is 0.824. The summed E-state index contributed by atoms with van der Waals surface area (Å²) in [5, 5.41) is 11.5. The van der Waals surface area contributed by atoms with E-state index >= 15 is 0 Å². The lowest BCUT2D eigenvalue weighted by Crippen LogP contribution is -2.28. The maximum Gasteiger partial charge on any atom is 0.111 e. The molecule has 3 nitrogen and oxygen atoms in total. The highest BCUT2D eigenvalue weighted by atomic mass is 16.5. The molecule has 0 saturated carbocycles. The van der Waals surface area contributed by atoms with E-state index in [1.54, 1.807) is 13.1 Å². The van der Waals surface area contributed by atoms with Gasteiger partial charge in [-0.05, 0) is 31.0 Å². The smallest absolute Gasteiger partial charge is 0.111 e. The molecule has 2 rings (SSSR count). The first-order valence-electron chi connectivity index (χ1n) is 6.29. The highest BCUT2D eigenvalue weighted by molar-refractivity contribution is 5.82. The highest BCUT2D eigenvalue weighted by Crippen LogP contribution is 2.27. The molecule has 1 aromatic carbocycles. The van der Waals surface area contributed by atoms with Gasteiger partial charge in [0.2, 0.25) is 0 Å². The minimum absolute atomic E-state index is 0.300. The molecule has 1 aromatic heterocycles.